The van der Waals surface area contributed by atoms with Gasteiger partial charge in [-0.25, -0.2) is 4.98 Å². The molecule has 6 heteroatoms. The normalized spacial score (nSPS) is 11.1. The van der Waals surface area contributed by atoms with Gasteiger partial charge < -0.3 is 10.3 Å². The predicted octanol–water partition coefficient (Wildman–Crippen LogP) is 2.24. The smallest absolute Gasteiger partial charge is 0.172 e. The molecular formula is C9H10ClN3OS. The summed E-state index contributed by atoms with van der Waals surface area (Å²) in [5.41, 5.74) is 6.95. The lowest BCUT2D eigenvalue weighted by Crippen LogP contribution is -2.01. The van der Waals surface area contributed by atoms with E-state index in [0.717, 1.165) is 21.9 Å². The van der Waals surface area contributed by atoms with Gasteiger partial charge in [0.1, 0.15) is 10.2 Å². The summed E-state index contributed by atoms with van der Waals surface area (Å²) < 4.78 is 5.13. The van der Waals surface area contributed by atoms with Crippen LogP contribution in [0.5, 0.6) is 0 Å². The fourth-order valence-electron chi connectivity index (χ4n) is 1.30. The molecular weight excluding hydrogens is 234 g/mol. The summed E-state index contributed by atoms with van der Waals surface area (Å²) in [6, 6.07) is 1.67. The van der Waals surface area contributed by atoms with Crippen LogP contribution in [0.1, 0.15) is 5.69 Å². The van der Waals surface area contributed by atoms with Crippen molar-refractivity contribution < 1.29 is 4.52 Å². The average Bonchev–Trinajstić information content (AvgIpc) is 2.56. The van der Waals surface area contributed by atoms with E-state index >= 15 is 0 Å². The molecule has 80 valence electrons. The fourth-order valence-corrected chi connectivity index (χ4v) is 2.40. The summed E-state index contributed by atoms with van der Waals surface area (Å²) in [5, 5.41) is 6.07. The lowest BCUT2D eigenvalue weighted by atomic mass is 10.3. The molecule has 0 fully saturated rings. The third kappa shape index (κ3) is 2.09. The average molecular weight is 244 g/mol. The first kappa shape index (κ1) is 10.7. The molecule has 4 nitrogen and oxygen atoms in total. The Kier molecular flexibility index (Phi) is 3.14. The van der Waals surface area contributed by atoms with E-state index < -0.39 is 0 Å². The number of halogens is 1. The van der Waals surface area contributed by atoms with Crippen molar-refractivity contribution in [2.75, 3.05) is 12.3 Å². The fraction of sp³-hybridized carbons (Fsp3) is 0.333. The molecule has 0 bridgehead atoms. The van der Waals surface area contributed by atoms with Gasteiger partial charge in [-0.05, 0) is 6.92 Å². The number of hydrogen-bond acceptors (Lipinski definition) is 5. The number of nitrogens with zero attached hydrogens (tertiary/aromatic N) is 2. The van der Waals surface area contributed by atoms with E-state index in [1.807, 2.05) is 6.92 Å². The molecule has 0 saturated heterocycles. The van der Waals surface area contributed by atoms with E-state index in [1.165, 1.54) is 0 Å². The van der Waals surface area contributed by atoms with Crippen LogP contribution in [0, 0.1) is 6.92 Å². The molecule has 0 unspecified atom stereocenters. The quantitative estimate of drug-likeness (QED) is 0.662. The van der Waals surface area contributed by atoms with Crippen LogP contribution >= 0.6 is 23.4 Å². The van der Waals surface area contributed by atoms with Crippen molar-refractivity contribution in [3.63, 3.8) is 0 Å². The summed E-state index contributed by atoms with van der Waals surface area (Å²) >= 11 is 7.43. The van der Waals surface area contributed by atoms with Crippen LogP contribution in [0.3, 0.4) is 0 Å². The molecule has 0 radical (unpaired) electrons. The molecule has 0 aromatic carbocycles. The van der Waals surface area contributed by atoms with E-state index in [4.69, 9.17) is 21.9 Å². The van der Waals surface area contributed by atoms with Gasteiger partial charge in [0.05, 0.1) is 11.1 Å². The molecule has 15 heavy (non-hydrogen) atoms. The minimum absolute atomic E-state index is 0.415. The first-order valence-corrected chi connectivity index (χ1v) is 5.84. The van der Waals surface area contributed by atoms with Crippen molar-refractivity contribution in [3.8, 4) is 0 Å². The van der Waals surface area contributed by atoms with Gasteiger partial charge in [0.25, 0.3) is 0 Å². The van der Waals surface area contributed by atoms with Crippen LogP contribution < -0.4 is 5.73 Å². The monoisotopic (exact) mass is 243 g/mol. The van der Waals surface area contributed by atoms with Crippen molar-refractivity contribution in [2.24, 2.45) is 5.73 Å². The Morgan fingerprint density at radius 3 is 3.13 bits per heavy atom. The van der Waals surface area contributed by atoms with E-state index in [0.29, 0.717) is 17.3 Å². The summed E-state index contributed by atoms with van der Waals surface area (Å²) in [6.07, 6.45) is 0. The molecule has 2 rings (SSSR count). The largest absolute Gasteiger partial charge is 0.356 e. The number of aryl methyl sites for hydroxylation is 1. The topological polar surface area (TPSA) is 64.9 Å². The second kappa shape index (κ2) is 4.38. The zero-order valence-corrected chi connectivity index (χ0v) is 9.73. The summed E-state index contributed by atoms with van der Waals surface area (Å²) in [7, 11) is 0. The Bertz CT molecular complexity index is 485. The molecule has 0 aliphatic rings. The van der Waals surface area contributed by atoms with Crippen molar-refractivity contribution in [3.05, 3.63) is 16.9 Å². The highest BCUT2D eigenvalue weighted by atomic mass is 35.5. The molecule has 2 heterocycles. The highest BCUT2D eigenvalue weighted by Gasteiger charge is 2.12. The van der Waals surface area contributed by atoms with Crippen molar-refractivity contribution in [1.29, 1.82) is 0 Å². The number of fused-ring (bicyclic) bond motifs is 1. The molecule has 0 saturated carbocycles. The van der Waals surface area contributed by atoms with Crippen molar-refractivity contribution in [1.82, 2.24) is 10.1 Å². The van der Waals surface area contributed by atoms with Crippen LogP contribution in [-0.2, 0) is 0 Å². The number of rotatable bonds is 3. The summed E-state index contributed by atoms with van der Waals surface area (Å²) in [4.78, 5) is 4.24. The van der Waals surface area contributed by atoms with Crippen LogP contribution in [0.15, 0.2) is 15.6 Å². The van der Waals surface area contributed by atoms with Gasteiger partial charge in [-0.3, -0.25) is 0 Å². The maximum absolute atomic E-state index is 5.87. The maximum atomic E-state index is 5.87. The van der Waals surface area contributed by atoms with Gasteiger partial charge in [-0.2, -0.15) is 0 Å². The highest BCUT2D eigenvalue weighted by molar-refractivity contribution is 7.99. The minimum Gasteiger partial charge on any atom is -0.356 e. The Hall–Kier alpha value is -0.780. The van der Waals surface area contributed by atoms with E-state index in [1.54, 1.807) is 17.8 Å². The Labute approximate surface area is 96.2 Å². The van der Waals surface area contributed by atoms with E-state index in [2.05, 4.69) is 10.1 Å². The molecule has 2 aromatic heterocycles. The zero-order valence-electron chi connectivity index (χ0n) is 8.16. The standard InChI is InChI=1S/C9H10ClN3OS/c1-5-8-6(14-13-5)4-7(10)12-9(8)15-3-2-11/h4H,2-3,11H2,1H3. The first-order chi connectivity index (χ1) is 7.22. The highest BCUT2D eigenvalue weighted by Crippen LogP contribution is 2.30. The van der Waals surface area contributed by atoms with Gasteiger partial charge in [-0.15, -0.1) is 11.8 Å². The molecule has 0 aliphatic heterocycles. The Morgan fingerprint density at radius 2 is 2.40 bits per heavy atom. The second-order valence-electron chi connectivity index (χ2n) is 3.03. The predicted molar refractivity (Wildman–Crippen MR) is 61.3 cm³/mol. The maximum Gasteiger partial charge on any atom is 0.172 e. The molecule has 2 N–H and O–H groups in total. The molecule has 0 spiro atoms. The molecule has 0 amide bonds. The minimum atomic E-state index is 0.415. The third-order valence-corrected chi connectivity index (χ3v) is 3.12. The van der Waals surface area contributed by atoms with Crippen LogP contribution in [0.4, 0.5) is 0 Å². The number of pyridine rings is 1. The second-order valence-corrected chi connectivity index (χ2v) is 4.50. The van der Waals surface area contributed by atoms with Gasteiger partial charge >= 0.3 is 0 Å². The summed E-state index contributed by atoms with van der Waals surface area (Å²) in [5.74, 6) is 0.799. The van der Waals surface area contributed by atoms with Crippen LogP contribution in [-0.4, -0.2) is 22.4 Å². The van der Waals surface area contributed by atoms with E-state index in [-0.39, 0.29) is 0 Å². The lowest BCUT2D eigenvalue weighted by molar-refractivity contribution is 0.450. The Morgan fingerprint density at radius 1 is 1.60 bits per heavy atom. The molecule has 0 atom stereocenters. The molecule has 0 aliphatic carbocycles. The van der Waals surface area contributed by atoms with Gasteiger partial charge in [0, 0.05) is 18.4 Å². The van der Waals surface area contributed by atoms with Crippen molar-refractivity contribution >= 4 is 34.3 Å². The van der Waals surface area contributed by atoms with Gasteiger partial charge in [0.2, 0.25) is 0 Å². The van der Waals surface area contributed by atoms with E-state index in [9.17, 15) is 0 Å². The SMILES string of the molecule is Cc1noc2cc(Cl)nc(SCCN)c12. The number of nitrogens with two attached hydrogens (primary N) is 1. The number of thioether (sulfide) groups is 1. The lowest BCUT2D eigenvalue weighted by Gasteiger charge is -2.01. The van der Waals surface area contributed by atoms with Crippen LogP contribution in [0.25, 0.3) is 11.0 Å². The third-order valence-electron chi connectivity index (χ3n) is 1.92. The van der Waals surface area contributed by atoms with Gasteiger partial charge in [-0.1, -0.05) is 16.8 Å². The van der Waals surface area contributed by atoms with Crippen molar-refractivity contribution in [2.45, 2.75) is 11.9 Å². The Balaban J connectivity index is 2.53. The number of hydrogen-bond donors (Lipinski definition) is 1. The molecule has 2 aromatic rings. The first-order valence-electron chi connectivity index (χ1n) is 4.47. The zero-order chi connectivity index (χ0) is 10.8. The van der Waals surface area contributed by atoms with Gasteiger partial charge in [0.15, 0.2) is 5.58 Å². The van der Waals surface area contributed by atoms with Crippen LogP contribution in [0.2, 0.25) is 5.15 Å². The number of aromatic nitrogens is 2. The summed E-state index contributed by atoms with van der Waals surface area (Å²) in [6.45, 7) is 2.48.